The summed E-state index contributed by atoms with van der Waals surface area (Å²) in [7, 11) is 0. The highest BCUT2D eigenvalue weighted by molar-refractivity contribution is 5.84. The molecule has 0 fully saturated rings. The number of pyridine rings is 1. The molecule has 70 valence electrons. The smallest absolute Gasteiger partial charge is 0.411 e. The lowest BCUT2D eigenvalue weighted by Crippen LogP contribution is -2.13. The molecule has 1 rings (SSSR count). The molecule has 0 aliphatic carbocycles. The third-order valence-electron chi connectivity index (χ3n) is 1.43. The van der Waals surface area contributed by atoms with E-state index in [0.717, 1.165) is 5.69 Å². The van der Waals surface area contributed by atoms with Crippen LogP contribution in [0.1, 0.15) is 12.6 Å². The maximum absolute atomic E-state index is 10.9. The Labute approximate surface area is 76.9 Å². The number of carbonyl (C=O) groups is 1. The van der Waals surface area contributed by atoms with E-state index in [1.807, 2.05) is 13.0 Å². The van der Waals surface area contributed by atoms with E-state index in [0.29, 0.717) is 12.3 Å². The number of amides is 1. The van der Waals surface area contributed by atoms with Gasteiger partial charge in [0, 0.05) is 5.69 Å². The van der Waals surface area contributed by atoms with Crippen LogP contribution < -0.4 is 5.32 Å². The first-order valence-corrected chi connectivity index (χ1v) is 4.09. The molecule has 0 saturated carbocycles. The number of anilines is 1. The Balaban J connectivity index is 2.54. The summed E-state index contributed by atoms with van der Waals surface area (Å²) in [6.45, 7) is 4.01. The quantitative estimate of drug-likeness (QED) is 0.756. The average molecular weight is 180 g/mol. The van der Waals surface area contributed by atoms with Crippen LogP contribution in [-0.2, 0) is 4.74 Å². The molecule has 0 unspecified atom stereocenters. The molecule has 0 saturated heterocycles. The number of ether oxygens (including phenoxy) is 1. The lowest BCUT2D eigenvalue weighted by atomic mass is 10.3. The molecule has 13 heavy (non-hydrogen) atoms. The largest absolute Gasteiger partial charge is 0.450 e. The Hall–Kier alpha value is -1.58. The van der Waals surface area contributed by atoms with Crippen LogP contribution in [0.15, 0.2) is 18.3 Å². The zero-order valence-electron chi connectivity index (χ0n) is 7.70. The number of aryl methyl sites for hydroxylation is 1. The van der Waals surface area contributed by atoms with Crippen molar-refractivity contribution in [2.45, 2.75) is 13.8 Å². The maximum atomic E-state index is 10.9. The Morgan fingerprint density at radius 3 is 2.92 bits per heavy atom. The number of carbonyl (C=O) groups excluding carboxylic acids is 1. The van der Waals surface area contributed by atoms with E-state index in [1.165, 1.54) is 0 Å². The van der Waals surface area contributed by atoms with Crippen molar-refractivity contribution in [3.63, 3.8) is 0 Å². The van der Waals surface area contributed by atoms with Crippen molar-refractivity contribution in [3.8, 4) is 0 Å². The van der Waals surface area contributed by atoms with E-state index in [9.17, 15) is 4.79 Å². The molecule has 1 heterocycles. The third-order valence-corrected chi connectivity index (χ3v) is 1.43. The van der Waals surface area contributed by atoms with Crippen LogP contribution in [0.5, 0.6) is 0 Å². The highest BCUT2D eigenvalue weighted by atomic mass is 16.5. The zero-order valence-corrected chi connectivity index (χ0v) is 7.70. The van der Waals surface area contributed by atoms with E-state index >= 15 is 0 Å². The van der Waals surface area contributed by atoms with Gasteiger partial charge in [0.05, 0.1) is 18.5 Å². The molecule has 0 spiro atoms. The minimum Gasteiger partial charge on any atom is -0.450 e. The van der Waals surface area contributed by atoms with Crippen LogP contribution in [0.4, 0.5) is 10.5 Å². The van der Waals surface area contributed by atoms with Gasteiger partial charge in [0.15, 0.2) is 0 Å². The predicted molar refractivity (Wildman–Crippen MR) is 49.6 cm³/mol. The summed E-state index contributed by atoms with van der Waals surface area (Å²) in [5.41, 5.74) is 1.55. The highest BCUT2D eigenvalue weighted by Crippen LogP contribution is 2.05. The fourth-order valence-electron chi connectivity index (χ4n) is 0.827. The Morgan fingerprint density at radius 2 is 2.38 bits per heavy atom. The summed E-state index contributed by atoms with van der Waals surface area (Å²) in [4.78, 5) is 15.0. The Morgan fingerprint density at radius 1 is 1.62 bits per heavy atom. The molecule has 0 radical (unpaired) electrons. The van der Waals surface area contributed by atoms with Crippen molar-refractivity contribution < 1.29 is 9.53 Å². The average Bonchev–Trinajstić information content (AvgIpc) is 2.09. The first kappa shape index (κ1) is 9.51. The van der Waals surface area contributed by atoms with E-state index in [4.69, 9.17) is 4.74 Å². The molecule has 1 aromatic heterocycles. The van der Waals surface area contributed by atoms with Gasteiger partial charge in [0.2, 0.25) is 0 Å². The van der Waals surface area contributed by atoms with Gasteiger partial charge in [0.1, 0.15) is 0 Å². The summed E-state index contributed by atoms with van der Waals surface area (Å²) in [6.07, 6.45) is 1.14. The summed E-state index contributed by atoms with van der Waals surface area (Å²) in [5.74, 6) is 0. The number of rotatable bonds is 2. The summed E-state index contributed by atoms with van der Waals surface area (Å²) >= 11 is 0. The third kappa shape index (κ3) is 3.11. The second-order valence-electron chi connectivity index (χ2n) is 2.53. The Bertz CT molecular complexity index is 282. The van der Waals surface area contributed by atoms with Crippen molar-refractivity contribution in [3.05, 3.63) is 24.0 Å². The number of aromatic nitrogens is 1. The van der Waals surface area contributed by atoms with E-state index < -0.39 is 6.09 Å². The van der Waals surface area contributed by atoms with Crippen molar-refractivity contribution in [2.75, 3.05) is 11.9 Å². The van der Waals surface area contributed by atoms with Gasteiger partial charge < -0.3 is 4.74 Å². The van der Waals surface area contributed by atoms with E-state index in [1.54, 1.807) is 19.2 Å². The fourth-order valence-corrected chi connectivity index (χ4v) is 0.827. The molecule has 1 amide bonds. The molecule has 0 aliphatic rings. The first-order valence-electron chi connectivity index (χ1n) is 4.09. The van der Waals surface area contributed by atoms with Crippen molar-refractivity contribution in [1.29, 1.82) is 0 Å². The molecule has 0 aromatic carbocycles. The predicted octanol–water partition coefficient (Wildman–Crippen LogP) is 1.96. The topological polar surface area (TPSA) is 51.2 Å². The standard InChI is InChI=1S/C9H12N2O2/c1-3-13-9(12)11-8-5-4-7(2)10-6-8/h4-6H,3H2,1-2H3,(H,11,12). The molecule has 4 heteroatoms. The van der Waals surface area contributed by atoms with Gasteiger partial charge in [-0.2, -0.15) is 0 Å². The van der Waals surface area contributed by atoms with Crippen LogP contribution in [0.3, 0.4) is 0 Å². The number of hydrogen-bond donors (Lipinski definition) is 1. The maximum Gasteiger partial charge on any atom is 0.411 e. The molecular weight excluding hydrogens is 168 g/mol. The van der Waals surface area contributed by atoms with Crippen LogP contribution in [0.2, 0.25) is 0 Å². The van der Waals surface area contributed by atoms with Crippen LogP contribution >= 0.6 is 0 Å². The SMILES string of the molecule is CCOC(=O)Nc1ccc(C)nc1. The fraction of sp³-hybridized carbons (Fsp3) is 0.333. The molecule has 1 N–H and O–H groups in total. The van der Waals surface area contributed by atoms with E-state index in [-0.39, 0.29) is 0 Å². The van der Waals surface area contributed by atoms with Crippen molar-refractivity contribution >= 4 is 11.8 Å². The summed E-state index contributed by atoms with van der Waals surface area (Å²) in [5, 5.41) is 2.55. The second kappa shape index (κ2) is 4.45. The molecule has 1 aromatic rings. The molecule has 4 nitrogen and oxygen atoms in total. The monoisotopic (exact) mass is 180 g/mol. The van der Waals surface area contributed by atoms with Gasteiger partial charge >= 0.3 is 6.09 Å². The highest BCUT2D eigenvalue weighted by Gasteiger charge is 2.00. The van der Waals surface area contributed by atoms with Gasteiger partial charge in [-0.05, 0) is 26.0 Å². The summed E-state index contributed by atoms with van der Waals surface area (Å²) in [6, 6.07) is 3.60. The van der Waals surface area contributed by atoms with Crippen molar-refractivity contribution in [1.82, 2.24) is 4.98 Å². The van der Waals surface area contributed by atoms with Crippen LogP contribution in [0, 0.1) is 6.92 Å². The first-order chi connectivity index (χ1) is 6.22. The lowest BCUT2D eigenvalue weighted by molar-refractivity contribution is 0.168. The molecule has 0 bridgehead atoms. The normalized spacial score (nSPS) is 9.38. The van der Waals surface area contributed by atoms with Gasteiger partial charge in [-0.25, -0.2) is 4.79 Å². The number of nitrogens with zero attached hydrogens (tertiary/aromatic N) is 1. The number of nitrogens with one attached hydrogen (secondary N) is 1. The summed E-state index contributed by atoms with van der Waals surface area (Å²) < 4.78 is 4.70. The van der Waals surface area contributed by atoms with Gasteiger partial charge in [-0.3, -0.25) is 10.3 Å². The second-order valence-corrected chi connectivity index (χ2v) is 2.53. The lowest BCUT2D eigenvalue weighted by Gasteiger charge is -2.04. The van der Waals surface area contributed by atoms with Gasteiger partial charge in [0.25, 0.3) is 0 Å². The van der Waals surface area contributed by atoms with Gasteiger partial charge in [-0.1, -0.05) is 0 Å². The van der Waals surface area contributed by atoms with E-state index in [2.05, 4.69) is 10.3 Å². The van der Waals surface area contributed by atoms with Crippen LogP contribution in [0.25, 0.3) is 0 Å². The Kier molecular flexibility index (Phi) is 3.25. The zero-order chi connectivity index (χ0) is 9.68. The molecule has 0 aliphatic heterocycles. The van der Waals surface area contributed by atoms with Crippen molar-refractivity contribution in [2.24, 2.45) is 0 Å². The minimum absolute atomic E-state index is 0.366. The molecule has 0 atom stereocenters. The van der Waals surface area contributed by atoms with Gasteiger partial charge in [-0.15, -0.1) is 0 Å². The minimum atomic E-state index is -0.451. The van der Waals surface area contributed by atoms with Crippen LogP contribution in [-0.4, -0.2) is 17.7 Å². The molecular formula is C9H12N2O2. The number of hydrogen-bond acceptors (Lipinski definition) is 3.